The minimum absolute atomic E-state index is 0.427. The van der Waals surface area contributed by atoms with Crippen molar-refractivity contribution in [1.29, 1.82) is 0 Å². The summed E-state index contributed by atoms with van der Waals surface area (Å²) in [4.78, 5) is 11.1. The van der Waals surface area contributed by atoms with Crippen LogP contribution in [0.25, 0.3) is 0 Å². The fourth-order valence-corrected chi connectivity index (χ4v) is 2.83. The molecule has 0 saturated heterocycles. The highest BCUT2D eigenvalue weighted by atomic mass is 16.5. The van der Waals surface area contributed by atoms with E-state index in [1.807, 2.05) is 24.3 Å². The monoisotopic (exact) mass is 264 g/mol. The van der Waals surface area contributed by atoms with Gasteiger partial charge in [0.05, 0.1) is 0 Å². The Morgan fingerprint density at radius 2 is 1.90 bits per heavy atom. The van der Waals surface area contributed by atoms with Crippen LogP contribution in [-0.2, 0) is 11.2 Å². The number of aryl methyl sites for hydroxylation is 1. The van der Waals surface area contributed by atoms with E-state index in [2.05, 4.69) is 30.8 Å². The summed E-state index contributed by atoms with van der Waals surface area (Å²) < 4.78 is 5.09. The van der Waals surface area contributed by atoms with Crippen LogP contribution in [0.4, 0.5) is 0 Å². The molecule has 1 atom stereocenters. The molecule has 0 spiro atoms. The molecule has 0 N–H and O–H groups in total. The highest BCUT2D eigenvalue weighted by molar-refractivity contribution is 5.83. The number of carbonyl (C=O) groups excluding carboxylic acids is 1. The Labute approximate surface area is 118 Å². The molecule has 0 bridgehead atoms. The Kier molecular flexibility index (Phi) is 3.38. The van der Waals surface area contributed by atoms with E-state index in [0.717, 1.165) is 12.8 Å². The summed E-state index contributed by atoms with van der Waals surface area (Å²) in [7, 11) is 0. The third kappa shape index (κ3) is 2.37. The molecule has 3 rings (SSSR count). The van der Waals surface area contributed by atoms with Gasteiger partial charge in [0, 0.05) is 12.0 Å². The summed E-state index contributed by atoms with van der Waals surface area (Å²) in [6.07, 6.45) is 3.44. The van der Waals surface area contributed by atoms with Crippen molar-refractivity contribution >= 4 is 5.97 Å². The van der Waals surface area contributed by atoms with E-state index in [1.165, 1.54) is 22.8 Å². The lowest BCUT2D eigenvalue weighted by molar-refractivity contribution is -0.128. The first-order valence-electron chi connectivity index (χ1n) is 6.80. The number of hydrogen-bond donors (Lipinski definition) is 0. The van der Waals surface area contributed by atoms with Gasteiger partial charge in [-0.05, 0) is 41.7 Å². The van der Waals surface area contributed by atoms with Crippen molar-refractivity contribution in [1.82, 2.24) is 0 Å². The fourth-order valence-electron chi connectivity index (χ4n) is 2.83. The Morgan fingerprint density at radius 3 is 2.65 bits per heavy atom. The maximum Gasteiger partial charge on any atom is 0.335 e. The predicted octanol–water partition coefficient (Wildman–Crippen LogP) is 3.86. The summed E-state index contributed by atoms with van der Waals surface area (Å²) in [6, 6.07) is 16.4. The van der Waals surface area contributed by atoms with Gasteiger partial charge in [0.15, 0.2) is 0 Å². The van der Waals surface area contributed by atoms with E-state index in [9.17, 15) is 4.79 Å². The van der Waals surface area contributed by atoms with E-state index in [-0.39, 0.29) is 0 Å². The van der Waals surface area contributed by atoms with E-state index in [0.29, 0.717) is 11.7 Å². The molecule has 0 saturated carbocycles. The third-order valence-corrected chi connectivity index (χ3v) is 3.80. The molecule has 1 aliphatic carbocycles. The lowest BCUT2D eigenvalue weighted by Crippen LogP contribution is -2.03. The molecule has 0 amide bonds. The van der Waals surface area contributed by atoms with Crippen molar-refractivity contribution < 1.29 is 9.53 Å². The van der Waals surface area contributed by atoms with Crippen LogP contribution in [0, 0.1) is 0 Å². The number of esters is 1. The van der Waals surface area contributed by atoms with Gasteiger partial charge in [-0.15, -0.1) is 0 Å². The predicted molar refractivity (Wildman–Crippen MR) is 78.9 cm³/mol. The highest BCUT2D eigenvalue weighted by Crippen LogP contribution is 2.38. The fraction of sp³-hybridized carbons (Fsp3) is 0.167. The van der Waals surface area contributed by atoms with Crippen LogP contribution < -0.4 is 4.74 Å². The van der Waals surface area contributed by atoms with Crippen LogP contribution in [0.1, 0.15) is 29.0 Å². The van der Waals surface area contributed by atoms with Crippen molar-refractivity contribution in [2.45, 2.75) is 18.8 Å². The lowest BCUT2D eigenvalue weighted by Gasteiger charge is -2.12. The second-order valence-electron chi connectivity index (χ2n) is 4.98. The average molecular weight is 264 g/mol. The van der Waals surface area contributed by atoms with Crippen LogP contribution in [0.2, 0.25) is 0 Å². The van der Waals surface area contributed by atoms with Crippen LogP contribution >= 0.6 is 0 Å². The molecular weight excluding hydrogens is 248 g/mol. The number of fused-ring (bicyclic) bond motifs is 1. The van der Waals surface area contributed by atoms with Crippen molar-refractivity contribution in [2.75, 3.05) is 0 Å². The van der Waals surface area contributed by atoms with Crippen LogP contribution in [-0.4, -0.2) is 5.97 Å². The minimum Gasteiger partial charge on any atom is -0.423 e. The molecule has 2 nitrogen and oxygen atoms in total. The molecule has 0 heterocycles. The quantitative estimate of drug-likeness (QED) is 0.478. The molecular formula is C18H16O2. The maximum atomic E-state index is 11.1. The van der Waals surface area contributed by atoms with Crippen molar-refractivity contribution in [3.05, 3.63) is 77.9 Å². The maximum absolute atomic E-state index is 11.1. The molecule has 0 fully saturated rings. The zero-order chi connectivity index (χ0) is 13.9. The van der Waals surface area contributed by atoms with Crippen molar-refractivity contribution in [3.63, 3.8) is 0 Å². The van der Waals surface area contributed by atoms with E-state index < -0.39 is 5.97 Å². The third-order valence-electron chi connectivity index (χ3n) is 3.80. The number of carbonyl (C=O) groups is 1. The Balaban J connectivity index is 1.82. The van der Waals surface area contributed by atoms with Gasteiger partial charge in [0.1, 0.15) is 5.75 Å². The molecule has 2 heteroatoms. The summed E-state index contributed by atoms with van der Waals surface area (Å²) >= 11 is 0. The number of hydrogen-bond acceptors (Lipinski definition) is 2. The summed E-state index contributed by atoms with van der Waals surface area (Å²) in [6.45, 7) is 3.39. The van der Waals surface area contributed by atoms with Gasteiger partial charge in [-0.1, -0.05) is 43.0 Å². The van der Waals surface area contributed by atoms with Gasteiger partial charge in [0.2, 0.25) is 0 Å². The number of rotatable bonds is 3. The summed E-state index contributed by atoms with van der Waals surface area (Å²) in [5.41, 5.74) is 4.14. The average Bonchev–Trinajstić information content (AvgIpc) is 2.92. The summed E-state index contributed by atoms with van der Waals surface area (Å²) in [5, 5.41) is 0. The molecule has 20 heavy (non-hydrogen) atoms. The first-order valence-corrected chi connectivity index (χ1v) is 6.80. The van der Waals surface area contributed by atoms with Crippen LogP contribution in [0.5, 0.6) is 5.75 Å². The first kappa shape index (κ1) is 12.7. The molecule has 0 aromatic heterocycles. The Hall–Kier alpha value is -2.35. The number of benzene rings is 2. The van der Waals surface area contributed by atoms with E-state index >= 15 is 0 Å². The second-order valence-corrected chi connectivity index (χ2v) is 4.98. The van der Waals surface area contributed by atoms with E-state index in [4.69, 9.17) is 4.74 Å². The smallest absolute Gasteiger partial charge is 0.335 e. The molecule has 1 unspecified atom stereocenters. The molecule has 0 aliphatic heterocycles. The largest absolute Gasteiger partial charge is 0.423 e. The normalized spacial score (nSPS) is 16.5. The minimum atomic E-state index is -0.427. The highest BCUT2D eigenvalue weighted by Gasteiger charge is 2.23. The van der Waals surface area contributed by atoms with Gasteiger partial charge in [-0.2, -0.15) is 0 Å². The van der Waals surface area contributed by atoms with Crippen molar-refractivity contribution in [2.24, 2.45) is 0 Å². The SMILES string of the molecule is C=CC(=O)Oc1ccc(C2CCc3ccccc32)cc1. The standard InChI is InChI=1S/C18H16O2/c1-2-18(19)20-15-10-7-14(8-11-15)17-12-9-13-5-3-4-6-16(13)17/h2-8,10-11,17H,1,9,12H2. The molecule has 100 valence electrons. The van der Waals surface area contributed by atoms with Gasteiger partial charge >= 0.3 is 5.97 Å². The Morgan fingerprint density at radius 1 is 1.15 bits per heavy atom. The molecule has 2 aromatic rings. The van der Waals surface area contributed by atoms with Crippen molar-refractivity contribution in [3.8, 4) is 5.75 Å². The first-order chi connectivity index (χ1) is 9.78. The van der Waals surface area contributed by atoms with Gasteiger partial charge in [-0.3, -0.25) is 0 Å². The summed E-state index contributed by atoms with van der Waals surface area (Å²) in [5.74, 6) is 0.587. The van der Waals surface area contributed by atoms with Gasteiger partial charge < -0.3 is 4.74 Å². The van der Waals surface area contributed by atoms with Crippen LogP contribution in [0.15, 0.2) is 61.2 Å². The molecule has 2 aromatic carbocycles. The topological polar surface area (TPSA) is 26.3 Å². The lowest BCUT2D eigenvalue weighted by atomic mass is 9.93. The van der Waals surface area contributed by atoms with Gasteiger partial charge in [-0.25, -0.2) is 4.79 Å². The zero-order valence-corrected chi connectivity index (χ0v) is 11.2. The number of ether oxygens (including phenoxy) is 1. The second kappa shape index (κ2) is 5.33. The molecule has 0 radical (unpaired) electrons. The Bertz CT molecular complexity index is 641. The van der Waals surface area contributed by atoms with Crippen LogP contribution in [0.3, 0.4) is 0 Å². The zero-order valence-electron chi connectivity index (χ0n) is 11.2. The molecule has 1 aliphatic rings. The van der Waals surface area contributed by atoms with Gasteiger partial charge in [0.25, 0.3) is 0 Å². The van der Waals surface area contributed by atoms with E-state index in [1.54, 1.807) is 0 Å².